The summed E-state index contributed by atoms with van der Waals surface area (Å²) in [5.41, 5.74) is 3.49. The highest BCUT2D eigenvalue weighted by Gasteiger charge is 2.19. The highest BCUT2D eigenvalue weighted by molar-refractivity contribution is 7.26. The lowest BCUT2D eigenvalue weighted by molar-refractivity contribution is 1.31. The number of thiophene rings is 1. The largest absolute Gasteiger partial charge is 0.310 e. The van der Waals surface area contributed by atoms with E-state index in [2.05, 4.69) is 157 Å². The van der Waals surface area contributed by atoms with E-state index in [-0.39, 0.29) is 0 Å². The zero-order valence-corrected chi connectivity index (χ0v) is 23.6. The van der Waals surface area contributed by atoms with E-state index in [1.807, 2.05) is 11.3 Å². The Hall–Kier alpha value is -5.18. The molecule has 0 unspecified atom stereocenters. The molecule has 1 aromatic heterocycles. The molecular weight excluding hydrogens is 527 g/mol. The summed E-state index contributed by atoms with van der Waals surface area (Å²) in [5.74, 6) is 0. The molecule has 196 valence electrons. The lowest BCUT2D eigenvalue weighted by atomic mass is 9.96. The summed E-state index contributed by atoms with van der Waals surface area (Å²) < 4.78 is 2.63. The normalized spacial score (nSPS) is 11.8. The van der Waals surface area contributed by atoms with Gasteiger partial charge in [0, 0.05) is 36.9 Å². The maximum Gasteiger partial charge on any atom is 0.0554 e. The molecule has 0 saturated carbocycles. The van der Waals surface area contributed by atoms with Gasteiger partial charge in [0.15, 0.2) is 0 Å². The molecule has 0 spiro atoms. The van der Waals surface area contributed by atoms with Crippen LogP contribution in [0.5, 0.6) is 0 Å². The van der Waals surface area contributed by atoms with Crippen LogP contribution in [-0.2, 0) is 0 Å². The van der Waals surface area contributed by atoms with Crippen molar-refractivity contribution in [3.63, 3.8) is 0 Å². The first-order valence-electron chi connectivity index (χ1n) is 14.4. The fourth-order valence-corrected chi connectivity index (χ4v) is 7.88. The lowest BCUT2D eigenvalue weighted by Crippen LogP contribution is -2.10. The fourth-order valence-electron chi connectivity index (χ4n) is 6.72. The number of hydrogen-bond donors (Lipinski definition) is 0. The minimum atomic E-state index is 1.15. The van der Waals surface area contributed by atoms with E-state index in [1.54, 1.807) is 0 Å². The van der Waals surface area contributed by atoms with E-state index in [1.165, 1.54) is 68.9 Å². The Bertz CT molecular complexity index is 2470. The molecule has 8 aromatic carbocycles. The highest BCUT2D eigenvalue weighted by atomic mass is 32.1. The van der Waals surface area contributed by atoms with Crippen molar-refractivity contribution in [2.24, 2.45) is 0 Å². The summed E-state index contributed by atoms with van der Waals surface area (Å²) in [5, 5.41) is 12.9. The van der Waals surface area contributed by atoms with E-state index in [9.17, 15) is 0 Å². The van der Waals surface area contributed by atoms with Crippen molar-refractivity contribution in [3.8, 4) is 0 Å². The van der Waals surface area contributed by atoms with Crippen LogP contribution >= 0.6 is 11.3 Å². The molecule has 1 nitrogen and oxygen atoms in total. The second kappa shape index (κ2) is 9.17. The third kappa shape index (κ3) is 3.49. The maximum atomic E-state index is 2.43. The van der Waals surface area contributed by atoms with Crippen LogP contribution in [0.1, 0.15) is 0 Å². The van der Waals surface area contributed by atoms with Gasteiger partial charge in [-0.25, -0.2) is 0 Å². The van der Waals surface area contributed by atoms with Crippen molar-refractivity contribution in [3.05, 3.63) is 152 Å². The van der Waals surface area contributed by atoms with Gasteiger partial charge >= 0.3 is 0 Å². The number of anilines is 3. The Morgan fingerprint density at radius 3 is 1.86 bits per heavy atom. The zero-order valence-electron chi connectivity index (χ0n) is 22.8. The SMILES string of the molecule is c1ccc(N(c2ccc3c(ccc4ccc5ccccc5c43)c2)c2cc3sc4ccccc4c3c3ccccc23)cc1. The second-order valence-electron chi connectivity index (χ2n) is 10.9. The molecule has 0 atom stereocenters. The molecule has 9 rings (SSSR count). The predicted octanol–water partition coefficient (Wildman–Crippen LogP) is 12.1. The quantitative estimate of drug-likeness (QED) is 0.197. The minimum absolute atomic E-state index is 1.15. The van der Waals surface area contributed by atoms with Crippen LogP contribution in [0.15, 0.2) is 152 Å². The summed E-state index contributed by atoms with van der Waals surface area (Å²) in [6.45, 7) is 0. The van der Waals surface area contributed by atoms with Crippen LogP contribution in [0.25, 0.3) is 63.3 Å². The van der Waals surface area contributed by atoms with Crippen molar-refractivity contribution in [2.45, 2.75) is 0 Å². The Balaban J connectivity index is 1.35. The number of hydrogen-bond acceptors (Lipinski definition) is 2. The number of rotatable bonds is 3. The molecule has 0 amide bonds. The third-order valence-corrected chi connectivity index (χ3v) is 9.70. The van der Waals surface area contributed by atoms with Crippen molar-refractivity contribution in [1.82, 2.24) is 0 Å². The first kappa shape index (κ1) is 23.5. The molecule has 0 radical (unpaired) electrons. The smallest absolute Gasteiger partial charge is 0.0554 e. The number of nitrogens with zero attached hydrogens (tertiary/aromatic N) is 1. The molecule has 42 heavy (non-hydrogen) atoms. The molecule has 0 fully saturated rings. The Morgan fingerprint density at radius 1 is 0.357 bits per heavy atom. The highest BCUT2D eigenvalue weighted by Crippen LogP contribution is 2.46. The molecular formula is C40H25NS. The predicted molar refractivity (Wildman–Crippen MR) is 184 cm³/mol. The Labute approximate surface area is 247 Å². The van der Waals surface area contributed by atoms with E-state index >= 15 is 0 Å². The van der Waals surface area contributed by atoms with Gasteiger partial charge in [-0.1, -0.05) is 115 Å². The van der Waals surface area contributed by atoms with E-state index in [0.29, 0.717) is 0 Å². The van der Waals surface area contributed by atoms with Crippen LogP contribution in [0.3, 0.4) is 0 Å². The van der Waals surface area contributed by atoms with Gasteiger partial charge in [0.1, 0.15) is 0 Å². The summed E-state index contributed by atoms with van der Waals surface area (Å²) in [7, 11) is 0. The Morgan fingerprint density at radius 2 is 1.00 bits per heavy atom. The summed E-state index contributed by atoms with van der Waals surface area (Å²) in [6, 6.07) is 55.5. The summed E-state index contributed by atoms with van der Waals surface area (Å²) in [4.78, 5) is 2.43. The average molecular weight is 552 g/mol. The van der Waals surface area contributed by atoms with E-state index < -0.39 is 0 Å². The van der Waals surface area contributed by atoms with Crippen molar-refractivity contribution >= 4 is 91.7 Å². The molecule has 0 N–H and O–H groups in total. The van der Waals surface area contributed by atoms with E-state index in [0.717, 1.165) is 11.4 Å². The molecule has 0 bridgehead atoms. The topological polar surface area (TPSA) is 3.24 Å². The van der Waals surface area contributed by atoms with Crippen molar-refractivity contribution < 1.29 is 0 Å². The van der Waals surface area contributed by atoms with Crippen LogP contribution in [0.4, 0.5) is 17.1 Å². The third-order valence-electron chi connectivity index (χ3n) is 8.58. The van der Waals surface area contributed by atoms with Crippen LogP contribution in [-0.4, -0.2) is 0 Å². The van der Waals surface area contributed by atoms with Gasteiger partial charge in [-0.15, -0.1) is 11.3 Å². The Kier molecular flexibility index (Phi) is 5.13. The molecule has 2 heteroatoms. The van der Waals surface area contributed by atoms with Gasteiger partial charge in [-0.2, -0.15) is 0 Å². The summed E-state index contributed by atoms with van der Waals surface area (Å²) in [6.07, 6.45) is 0. The number of para-hydroxylation sites is 1. The molecule has 9 aromatic rings. The minimum Gasteiger partial charge on any atom is -0.310 e. The van der Waals surface area contributed by atoms with Crippen LogP contribution in [0, 0.1) is 0 Å². The van der Waals surface area contributed by atoms with Crippen molar-refractivity contribution in [1.29, 1.82) is 0 Å². The summed E-state index contributed by atoms with van der Waals surface area (Å²) >= 11 is 1.88. The van der Waals surface area contributed by atoms with Gasteiger partial charge < -0.3 is 4.90 Å². The molecule has 0 saturated heterocycles. The molecule has 0 aliphatic carbocycles. The van der Waals surface area contributed by atoms with Gasteiger partial charge in [-0.3, -0.25) is 0 Å². The second-order valence-corrected chi connectivity index (χ2v) is 12.0. The maximum absolute atomic E-state index is 2.43. The monoisotopic (exact) mass is 551 g/mol. The van der Waals surface area contributed by atoms with Crippen molar-refractivity contribution in [2.75, 3.05) is 4.90 Å². The van der Waals surface area contributed by atoms with E-state index in [4.69, 9.17) is 0 Å². The first-order chi connectivity index (χ1) is 20.8. The standard InChI is InChI=1S/C40H25NS/c1-2-11-29(12-3-1)41(36-25-38-40(34-15-7-6-14-33(34)36)35-16-8-9-17-37(35)42-38)30-22-23-32-28(24-30)21-20-27-19-18-26-10-4-5-13-31(26)39(27)32/h1-25H. The zero-order chi connectivity index (χ0) is 27.6. The first-order valence-corrected chi connectivity index (χ1v) is 15.2. The molecule has 1 heterocycles. The average Bonchev–Trinajstić information content (AvgIpc) is 3.44. The van der Waals surface area contributed by atoms with Gasteiger partial charge in [-0.05, 0) is 74.1 Å². The van der Waals surface area contributed by atoms with Gasteiger partial charge in [0.2, 0.25) is 0 Å². The van der Waals surface area contributed by atoms with Gasteiger partial charge in [0.25, 0.3) is 0 Å². The lowest BCUT2D eigenvalue weighted by Gasteiger charge is -2.27. The molecule has 0 aliphatic heterocycles. The van der Waals surface area contributed by atoms with Crippen LogP contribution in [0.2, 0.25) is 0 Å². The van der Waals surface area contributed by atoms with Gasteiger partial charge in [0.05, 0.1) is 5.69 Å². The number of fused-ring (bicyclic) bond motifs is 10. The van der Waals surface area contributed by atoms with Crippen LogP contribution < -0.4 is 4.90 Å². The number of benzene rings is 8. The fraction of sp³-hybridized carbons (Fsp3) is 0. The molecule has 0 aliphatic rings.